The van der Waals surface area contributed by atoms with Gasteiger partial charge in [0, 0.05) is 24.8 Å². The first-order valence-corrected chi connectivity index (χ1v) is 7.63. The Labute approximate surface area is 127 Å². The molecule has 0 amide bonds. The Hall–Kier alpha value is -2.10. The smallest absolute Gasteiger partial charge is 0.135 e. The fourth-order valence-corrected chi connectivity index (χ4v) is 2.25. The van der Waals surface area contributed by atoms with Crippen LogP contribution in [0.2, 0.25) is 0 Å². The van der Waals surface area contributed by atoms with Crippen LogP contribution in [0.5, 0.6) is 0 Å². The summed E-state index contributed by atoms with van der Waals surface area (Å²) >= 11 is 0. The first-order chi connectivity index (χ1) is 10.2. The highest BCUT2D eigenvalue weighted by atomic mass is 15.2. The maximum atomic E-state index is 4.41. The third-order valence-electron chi connectivity index (χ3n) is 3.29. The Bertz CT molecular complexity index is 545. The van der Waals surface area contributed by atoms with Crippen LogP contribution in [0.3, 0.4) is 0 Å². The summed E-state index contributed by atoms with van der Waals surface area (Å²) < 4.78 is 0. The van der Waals surface area contributed by atoms with Gasteiger partial charge in [-0.05, 0) is 31.9 Å². The van der Waals surface area contributed by atoms with Gasteiger partial charge in [0.15, 0.2) is 0 Å². The molecule has 0 fully saturated rings. The number of aromatic nitrogens is 2. The van der Waals surface area contributed by atoms with Crippen LogP contribution in [0.4, 0.5) is 17.3 Å². The average Bonchev–Trinajstić information content (AvgIpc) is 2.50. The van der Waals surface area contributed by atoms with E-state index in [1.807, 2.05) is 6.07 Å². The van der Waals surface area contributed by atoms with Crippen LogP contribution in [0.15, 0.2) is 36.7 Å². The minimum atomic E-state index is 0.834. The number of aryl methyl sites for hydroxylation is 1. The number of anilines is 3. The first-order valence-electron chi connectivity index (χ1n) is 7.63. The molecule has 0 saturated carbocycles. The average molecular weight is 284 g/mol. The van der Waals surface area contributed by atoms with E-state index >= 15 is 0 Å². The van der Waals surface area contributed by atoms with Gasteiger partial charge in [-0.2, -0.15) is 0 Å². The molecule has 1 heterocycles. The normalized spacial score (nSPS) is 10.4. The van der Waals surface area contributed by atoms with Gasteiger partial charge in [0.25, 0.3) is 0 Å². The summed E-state index contributed by atoms with van der Waals surface area (Å²) in [6, 6.07) is 10.3. The summed E-state index contributed by atoms with van der Waals surface area (Å²) in [6.45, 7) is 8.51. The number of benzene rings is 1. The Morgan fingerprint density at radius 3 is 2.29 bits per heavy atom. The third-order valence-corrected chi connectivity index (χ3v) is 3.29. The van der Waals surface area contributed by atoms with Gasteiger partial charge in [-0.3, -0.25) is 0 Å². The number of hydrogen-bond acceptors (Lipinski definition) is 4. The highest BCUT2D eigenvalue weighted by molar-refractivity contribution is 5.59. The predicted molar refractivity (Wildman–Crippen MR) is 89.3 cm³/mol. The van der Waals surface area contributed by atoms with Crippen LogP contribution in [0.1, 0.15) is 32.3 Å². The van der Waals surface area contributed by atoms with Crippen LogP contribution in [-0.2, 0) is 0 Å². The Morgan fingerprint density at radius 2 is 1.67 bits per heavy atom. The maximum absolute atomic E-state index is 4.41. The second-order valence-corrected chi connectivity index (χ2v) is 5.24. The molecule has 112 valence electrons. The highest BCUT2D eigenvalue weighted by Crippen LogP contribution is 2.19. The maximum Gasteiger partial charge on any atom is 0.135 e. The molecule has 1 aromatic carbocycles. The molecule has 1 aromatic heterocycles. The molecule has 0 radical (unpaired) electrons. The lowest BCUT2D eigenvalue weighted by atomic mass is 10.2. The molecular weight excluding hydrogens is 260 g/mol. The van der Waals surface area contributed by atoms with Gasteiger partial charge in [0.2, 0.25) is 0 Å². The zero-order chi connectivity index (χ0) is 15.1. The lowest BCUT2D eigenvalue weighted by Crippen LogP contribution is -2.25. The fraction of sp³-hybridized carbons (Fsp3) is 0.412. The van der Waals surface area contributed by atoms with Gasteiger partial charge in [-0.25, -0.2) is 9.97 Å². The molecule has 0 bridgehead atoms. The summed E-state index contributed by atoms with van der Waals surface area (Å²) in [7, 11) is 0. The third kappa shape index (κ3) is 4.45. The van der Waals surface area contributed by atoms with Crippen molar-refractivity contribution >= 4 is 17.3 Å². The van der Waals surface area contributed by atoms with Gasteiger partial charge in [-0.15, -0.1) is 0 Å². The van der Waals surface area contributed by atoms with Gasteiger partial charge in [0.05, 0.1) is 0 Å². The first kappa shape index (κ1) is 15.3. The molecule has 0 saturated heterocycles. The topological polar surface area (TPSA) is 41.0 Å². The molecule has 0 aliphatic heterocycles. The van der Waals surface area contributed by atoms with Crippen molar-refractivity contribution in [3.8, 4) is 0 Å². The van der Waals surface area contributed by atoms with E-state index in [0.29, 0.717) is 0 Å². The Kier molecular flexibility index (Phi) is 5.55. The van der Waals surface area contributed by atoms with Gasteiger partial charge in [-0.1, -0.05) is 31.5 Å². The van der Waals surface area contributed by atoms with E-state index < -0.39 is 0 Å². The largest absolute Gasteiger partial charge is 0.356 e. The molecule has 1 N–H and O–H groups in total. The van der Waals surface area contributed by atoms with Gasteiger partial charge < -0.3 is 10.2 Å². The summed E-state index contributed by atoms with van der Waals surface area (Å²) in [5.41, 5.74) is 2.30. The fourth-order valence-electron chi connectivity index (χ4n) is 2.25. The lowest BCUT2D eigenvalue weighted by molar-refractivity contribution is 0.733. The van der Waals surface area contributed by atoms with Crippen molar-refractivity contribution in [1.29, 1.82) is 0 Å². The molecule has 0 aliphatic rings. The van der Waals surface area contributed by atoms with Crippen molar-refractivity contribution < 1.29 is 0 Å². The molecule has 0 unspecified atom stereocenters. The number of hydrogen-bond donors (Lipinski definition) is 1. The highest BCUT2D eigenvalue weighted by Gasteiger charge is 2.07. The zero-order valence-electron chi connectivity index (χ0n) is 13.1. The lowest BCUT2D eigenvalue weighted by Gasteiger charge is -2.22. The quantitative estimate of drug-likeness (QED) is 0.829. The van der Waals surface area contributed by atoms with Gasteiger partial charge >= 0.3 is 0 Å². The van der Waals surface area contributed by atoms with Crippen molar-refractivity contribution in [3.63, 3.8) is 0 Å². The minimum absolute atomic E-state index is 0.834. The second-order valence-electron chi connectivity index (χ2n) is 5.24. The van der Waals surface area contributed by atoms with Crippen molar-refractivity contribution in [2.24, 2.45) is 0 Å². The molecule has 2 aromatic rings. The van der Waals surface area contributed by atoms with Crippen molar-refractivity contribution in [3.05, 3.63) is 42.2 Å². The number of nitrogens with one attached hydrogen (secondary N) is 1. The van der Waals surface area contributed by atoms with Crippen LogP contribution < -0.4 is 10.2 Å². The molecule has 0 spiro atoms. The van der Waals surface area contributed by atoms with E-state index in [9.17, 15) is 0 Å². The van der Waals surface area contributed by atoms with Crippen LogP contribution >= 0.6 is 0 Å². The summed E-state index contributed by atoms with van der Waals surface area (Å²) in [6.07, 6.45) is 3.86. The van der Waals surface area contributed by atoms with E-state index in [1.54, 1.807) is 6.33 Å². The molecule has 4 nitrogen and oxygen atoms in total. The number of rotatable bonds is 7. The van der Waals surface area contributed by atoms with Crippen molar-refractivity contribution in [2.45, 2.75) is 33.6 Å². The van der Waals surface area contributed by atoms with E-state index in [2.05, 4.69) is 65.2 Å². The standard InChI is InChI=1S/C17H24N4/c1-4-10-21(11-5-2)17-12-16(18-13-19-17)20-15-8-6-14(3)7-9-15/h6-9,12-13H,4-5,10-11H2,1-3H3,(H,18,19,20). The van der Waals surface area contributed by atoms with E-state index in [0.717, 1.165) is 43.3 Å². The molecule has 2 rings (SSSR count). The van der Waals surface area contributed by atoms with E-state index in [1.165, 1.54) is 5.56 Å². The van der Waals surface area contributed by atoms with E-state index in [4.69, 9.17) is 0 Å². The van der Waals surface area contributed by atoms with Crippen LogP contribution in [0, 0.1) is 6.92 Å². The minimum Gasteiger partial charge on any atom is -0.356 e. The summed E-state index contributed by atoms with van der Waals surface area (Å²) in [5, 5.41) is 3.33. The van der Waals surface area contributed by atoms with Crippen molar-refractivity contribution in [1.82, 2.24) is 9.97 Å². The summed E-state index contributed by atoms with van der Waals surface area (Å²) in [4.78, 5) is 11.0. The Balaban J connectivity index is 2.14. The molecule has 0 atom stereocenters. The monoisotopic (exact) mass is 284 g/mol. The van der Waals surface area contributed by atoms with Crippen LogP contribution in [0.25, 0.3) is 0 Å². The second kappa shape index (κ2) is 7.62. The Morgan fingerprint density at radius 1 is 1.00 bits per heavy atom. The molecule has 21 heavy (non-hydrogen) atoms. The number of nitrogens with zero attached hydrogens (tertiary/aromatic N) is 3. The van der Waals surface area contributed by atoms with E-state index in [-0.39, 0.29) is 0 Å². The zero-order valence-corrected chi connectivity index (χ0v) is 13.1. The van der Waals surface area contributed by atoms with Crippen LogP contribution in [-0.4, -0.2) is 23.1 Å². The van der Waals surface area contributed by atoms with Crippen molar-refractivity contribution in [2.75, 3.05) is 23.3 Å². The molecular formula is C17H24N4. The molecule has 4 heteroatoms. The van der Waals surface area contributed by atoms with Gasteiger partial charge in [0.1, 0.15) is 18.0 Å². The molecule has 0 aliphatic carbocycles. The predicted octanol–water partition coefficient (Wildman–Crippen LogP) is 4.16. The SMILES string of the molecule is CCCN(CCC)c1cc(Nc2ccc(C)cc2)ncn1. The summed E-state index contributed by atoms with van der Waals surface area (Å²) in [5.74, 6) is 1.82.